The molecule has 0 fully saturated rings. The van der Waals surface area contributed by atoms with Gasteiger partial charge in [0, 0.05) is 11.9 Å². The smallest absolute Gasteiger partial charge is 0.253 e. The van der Waals surface area contributed by atoms with E-state index < -0.39 is 0 Å². The van der Waals surface area contributed by atoms with Crippen molar-refractivity contribution in [2.24, 2.45) is 0 Å². The number of ether oxygens (including phenoxy) is 1. The molecule has 6 heteroatoms. The van der Waals surface area contributed by atoms with E-state index in [0.29, 0.717) is 34.4 Å². The molecule has 0 radical (unpaired) electrons. The van der Waals surface area contributed by atoms with Gasteiger partial charge in [0.05, 0.1) is 5.56 Å². The summed E-state index contributed by atoms with van der Waals surface area (Å²) in [7, 11) is 0. The zero-order valence-corrected chi connectivity index (χ0v) is 9.77. The van der Waals surface area contributed by atoms with Gasteiger partial charge in [-0.3, -0.25) is 4.79 Å². The average molecular weight is 253 g/mol. The molecule has 0 saturated heterocycles. The number of nitrogens with zero attached hydrogens (tertiary/aromatic N) is 2. The zero-order chi connectivity index (χ0) is 12.3. The first kappa shape index (κ1) is 11.6. The van der Waals surface area contributed by atoms with Crippen molar-refractivity contribution in [2.45, 2.75) is 13.5 Å². The summed E-state index contributed by atoms with van der Waals surface area (Å²) in [5.74, 6) is 1.25. The Morgan fingerprint density at radius 2 is 2.29 bits per heavy atom. The van der Waals surface area contributed by atoms with Crippen LogP contribution >= 0.6 is 11.6 Å². The highest BCUT2D eigenvalue weighted by Gasteiger charge is 2.07. The number of aryl methyl sites for hydroxylation is 1. The van der Waals surface area contributed by atoms with Gasteiger partial charge < -0.3 is 9.15 Å². The topological polar surface area (TPSA) is 65.2 Å². The molecule has 0 aliphatic heterocycles. The molecule has 88 valence electrons. The largest absolute Gasteiger partial charge is 0.483 e. The third-order valence-electron chi connectivity index (χ3n) is 2.02. The van der Waals surface area contributed by atoms with Gasteiger partial charge in [-0.05, 0) is 18.2 Å². The quantitative estimate of drug-likeness (QED) is 0.782. The molecule has 5 nitrogen and oxygen atoms in total. The summed E-state index contributed by atoms with van der Waals surface area (Å²) in [6, 6.07) is 4.79. The second-order valence-corrected chi connectivity index (χ2v) is 3.74. The normalized spacial score (nSPS) is 10.2. The Kier molecular flexibility index (Phi) is 3.39. The van der Waals surface area contributed by atoms with Crippen LogP contribution in [0.15, 0.2) is 22.6 Å². The second-order valence-electron chi connectivity index (χ2n) is 3.30. The second kappa shape index (κ2) is 4.97. The molecule has 2 aromatic rings. The number of aromatic nitrogens is 2. The number of halogens is 1. The number of rotatable bonds is 4. The minimum atomic E-state index is 0.114. The van der Waals surface area contributed by atoms with Crippen molar-refractivity contribution < 1.29 is 13.9 Å². The highest BCUT2D eigenvalue weighted by Crippen LogP contribution is 2.22. The van der Waals surface area contributed by atoms with Gasteiger partial charge in [-0.15, -0.1) is 10.2 Å². The molecule has 1 aromatic heterocycles. The lowest BCUT2D eigenvalue weighted by Gasteiger charge is -2.05. The van der Waals surface area contributed by atoms with Gasteiger partial charge in [0.2, 0.25) is 5.89 Å². The van der Waals surface area contributed by atoms with E-state index in [1.54, 1.807) is 19.1 Å². The summed E-state index contributed by atoms with van der Waals surface area (Å²) >= 11 is 5.76. The minimum absolute atomic E-state index is 0.114. The van der Waals surface area contributed by atoms with Crippen LogP contribution in [0.2, 0.25) is 5.02 Å². The molecule has 0 saturated carbocycles. The van der Waals surface area contributed by atoms with Crippen LogP contribution in [0, 0.1) is 6.92 Å². The molecule has 0 aliphatic carbocycles. The van der Waals surface area contributed by atoms with Crippen LogP contribution in [0.4, 0.5) is 0 Å². The Morgan fingerprint density at radius 1 is 1.47 bits per heavy atom. The molecule has 17 heavy (non-hydrogen) atoms. The number of carbonyl (C=O) groups excluding carboxylic acids is 1. The van der Waals surface area contributed by atoms with Crippen molar-refractivity contribution >= 4 is 17.9 Å². The van der Waals surface area contributed by atoms with Crippen molar-refractivity contribution in [3.05, 3.63) is 40.6 Å². The van der Waals surface area contributed by atoms with Crippen LogP contribution in [-0.4, -0.2) is 16.5 Å². The van der Waals surface area contributed by atoms with Gasteiger partial charge in [0.1, 0.15) is 5.75 Å². The van der Waals surface area contributed by atoms with Crippen molar-refractivity contribution in [2.75, 3.05) is 0 Å². The number of hydrogen-bond donors (Lipinski definition) is 0. The molecule has 1 heterocycles. The first-order valence-corrected chi connectivity index (χ1v) is 5.23. The molecule has 0 spiro atoms. The lowest BCUT2D eigenvalue weighted by molar-refractivity contribution is 0.111. The maximum Gasteiger partial charge on any atom is 0.253 e. The van der Waals surface area contributed by atoms with E-state index in [9.17, 15) is 4.79 Å². The van der Waals surface area contributed by atoms with E-state index in [0.717, 1.165) is 0 Å². The summed E-state index contributed by atoms with van der Waals surface area (Å²) in [5, 5.41) is 7.93. The summed E-state index contributed by atoms with van der Waals surface area (Å²) in [5.41, 5.74) is 0.383. The Hall–Kier alpha value is -1.88. The highest BCUT2D eigenvalue weighted by molar-refractivity contribution is 6.30. The van der Waals surface area contributed by atoms with E-state index in [-0.39, 0.29) is 6.61 Å². The predicted molar refractivity (Wildman–Crippen MR) is 60.2 cm³/mol. The third kappa shape index (κ3) is 2.82. The van der Waals surface area contributed by atoms with Crippen molar-refractivity contribution in [3.63, 3.8) is 0 Å². The van der Waals surface area contributed by atoms with Crippen LogP contribution in [0.1, 0.15) is 22.1 Å². The molecule has 0 amide bonds. The molecule has 0 unspecified atom stereocenters. The summed E-state index contributed by atoms with van der Waals surface area (Å²) < 4.78 is 10.5. The molecule has 1 aromatic carbocycles. The molecule has 2 rings (SSSR count). The van der Waals surface area contributed by atoms with Gasteiger partial charge in [0.15, 0.2) is 12.9 Å². The van der Waals surface area contributed by atoms with E-state index in [4.69, 9.17) is 20.8 Å². The standard InChI is InChI=1S/C11H9ClN2O3/c1-7-13-14-11(17-7)6-16-10-3-2-9(12)4-8(10)5-15/h2-5H,6H2,1H3. The SMILES string of the molecule is Cc1nnc(COc2ccc(Cl)cc2C=O)o1. The Bertz CT molecular complexity index is 539. The van der Waals surface area contributed by atoms with E-state index in [1.165, 1.54) is 6.07 Å². The van der Waals surface area contributed by atoms with Crippen LogP contribution in [0.3, 0.4) is 0 Å². The van der Waals surface area contributed by atoms with Gasteiger partial charge in [-0.1, -0.05) is 11.6 Å². The number of carbonyl (C=O) groups is 1. The average Bonchev–Trinajstić information content (AvgIpc) is 2.73. The van der Waals surface area contributed by atoms with Crippen LogP contribution < -0.4 is 4.74 Å². The molecule has 0 atom stereocenters. The highest BCUT2D eigenvalue weighted by atomic mass is 35.5. The monoisotopic (exact) mass is 252 g/mol. The number of aldehydes is 1. The summed E-state index contributed by atoms with van der Waals surface area (Å²) in [6.45, 7) is 1.80. The maximum atomic E-state index is 10.8. The Labute approximate surface area is 102 Å². The van der Waals surface area contributed by atoms with E-state index >= 15 is 0 Å². The van der Waals surface area contributed by atoms with E-state index in [2.05, 4.69) is 10.2 Å². The molecular weight excluding hydrogens is 244 g/mol. The van der Waals surface area contributed by atoms with Gasteiger partial charge in [-0.25, -0.2) is 0 Å². The van der Waals surface area contributed by atoms with Crippen LogP contribution in [0.25, 0.3) is 0 Å². The number of benzene rings is 1. The lowest BCUT2D eigenvalue weighted by Crippen LogP contribution is -1.98. The van der Waals surface area contributed by atoms with Gasteiger partial charge >= 0.3 is 0 Å². The first-order valence-electron chi connectivity index (χ1n) is 4.85. The fraction of sp³-hybridized carbons (Fsp3) is 0.182. The fourth-order valence-electron chi connectivity index (χ4n) is 1.28. The minimum Gasteiger partial charge on any atom is -0.483 e. The first-order chi connectivity index (χ1) is 8.19. The maximum absolute atomic E-state index is 10.8. The predicted octanol–water partition coefficient (Wildman–Crippen LogP) is 2.42. The lowest BCUT2D eigenvalue weighted by atomic mass is 10.2. The Balaban J connectivity index is 2.11. The zero-order valence-electron chi connectivity index (χ0n) is 9.01. The van der Waals surface area contributed by atoms with Gasteiger partial charge in [-0.2, -0.15) is 0 Å². The summed E-state index contributed by atoms with van der Waals surface area (Å²) in [6.07, 6.45) is 0.681. The fourth-order valence-corrected chi connectivity index (χ4v) is 1.46. The van der Waals surface area contributed by atoms with Crippen molar-refractivity contribution in [1.82, 2.24) is 10.2 Å². The van der Waals surface area contributed by atoms with Crippen molar-refractivity contribution in [1.29, 1.82) is 0 Å². The Morgan fingerprint density at radius 3 is 2.94 bits per heavy atom. The third-order valence-corrected chi connectivity index (χ3v) is 2.25. The molecule has 0 aliphatic rings. The van der Waals surface area contributed by atoms with Crippen LogP contribution in [-0.2, 0) is 6.61 Å². The summed E-state index contributed by atoms with van der Waals surface area (Å²) in [4.78, 5) is 10.8. The van der Waals surface area contributed by atoms with Gasteiger partial charge in [0.25, 0.3) is 5.89 Å². The molecular formula is C11H9ClN2O3. The van der Waals surface area contributed by atoms with E-state index in [1.807, 2.05) is 0 Å². The van der Waals surface area contributed by atoms with Crippen molar-refractivity contribution in [3.8, 4) is 5.75 Å². The molecule has 0 bridgehead atoms. The molecule has 0 N–H and O–H groups in total. The number of hydrogen-bond acceptors (Lipinski definition) is 5. The van der Waals surface area contributed by atoms with Crippen LogP contribution in [0.5, 0.6) is 5.75 Å².